The van der Waals surface area contributed by atoms with Crippen LogP contribution in [0, 0.1) is 0 Å². The minimum atomic E-state index is 0.552. The molecule has 5 heteroatoms. The van der Waals surface area contributed by atoms with Crippen LogP contribution in [0.1, 0.15) is 5.56 Å². The third kappa shape index (κ3) is 2.28. The average Bonchev–Trinajstić information content (AvgIpc) is 2.59. The number of hydrogen-bond acceptors (Lipinski definition) is 3. The number of guanidine groups is 1. The van der Waals surface area contributed by atoms with Gasteiger partial charge in [-0.1, -0.05) is 0 Å². The van der Waals surface area contributed by atoms with Crippen molar-refractivity contribution in [3.8, 4) is 0 Å². The van der Waals surface area contributed by atoms with Crippen molar-refractivity contribution in [2.75, 3.05) is 7.05 Å². The van der Waals surface area contributed by atoms with Gasteiger partial charge in [0.25, 0.3) is 0 Å². The minimum Gasteiger partial charge on any atom is -0.472 e. The molecular formula is C7H12N4O. The number of rotatable bonds is 2. The fraction of sp³-hybridized carbons (Fsp3) is 0.286. The van der Waals surface area contributed by atoms with Crippen LogP contribution in [0.4, 0.5) is 0 Å². The van der Waals surface area contributed by atoms with Crippen LogP contribution < -0.4 is 16.6 Å². The summed E-state index contributed by atoms with van der Waals surface area (Å²) < 4.78 is 4.88. The Morgan fingerprint density at radius 2 is 2.58 bits per heavy atom. The minimum absolute atomic E-state index is 0.552. The molecule has 66 valence electrons. The molecule has 0 aliphatic rings. The molecule has 0 unspecified atom stereocenters. The van der Waals surface area contributed by atoms with Gasteiger partial charge in [0.15, 0.2) is 0 Å². The maximum Gasteiger partial charge on any atom is 0.205 e. The van der Waals surface area contributed by atoms with Gasteiger partial charge < -0.3 is 9.73 Å². The zero-order valence-corrected chi connectivity index (χ0v) is 6.87. The second-order valence-electron chi connectivity index (χ2n) is 2.20. The molecule has 0 atom stereocenters. The van der Waals surface area contributed by atoms with E-state index in [9.17, 15) is 0 Å². The predicted octanol–water partition coefficient (Wildman–Crippen LogP) is -0.182. The number of nitrogens with two attached hydrogens (primary N) is 1. The van der Waals surface area contributed by atoms with Crippen molar-refractivity contribution in [2.24, 2.45) is 10.8 Å². The third-order valence-electron chi connectivity index (χ3n) is 1.40. The van der Waals surface area contributed by atoms with Crippen LogP contribution >= 0.6 is 0 Å². The standard InChI is InChI=1S/C7H12N4O/c1-9-7(11-8)10-4-6-2-3-12-5-6/h2-3,5H,4,8H2,1H3,(H2,9,10,11). The molecule has 0 fully saturated rings. The van der Waals surface area contributed by atoms with Crippen molar-refractivity contribution in [1.29, 1.82) is 0 Å². The van der Waals surface area contributed by atoms with Crippen molar-refractivity contribution in [3.05, 3.63) is 24.2 Å². The Hall–Kier alpha value is -1.49. The first kappa shape index (κ1) is 8.61. The van der Waals surface area contributed by atoms with Crippen molar-refractivity contribution in [2.45, 2.75) is 6.54 Å². The van der Waals surface area contributed by atoms with Gasteiger partial charge in [-0.05, 0) is 6.07 Å². The molecule has 1 aromatic heterocycles. The molecule has 0 bridgehead atoms. The number of hydrogen-bond donors (Lipinski definition) is 3. The molecule has 1 heterocycles. The summed E-state index contributed by atoms with van der Waals surface area (Å²) in [4.78, 5) is 3.84. The van der Waals surface area contributed by atoms with Crippen LogP contribution in [0.2, 0.25) is 0 Å². The Morgan fingerprint density at radius 3 is 3.08 bits per heavy atom. The van der Waals surface area contributed by atoms with Crippen LogP contribution in [0.15, 0.2) is 28.0 Å². The van der Waals surface area contributed by atoms with E-state index in [-0.39, 0.29) is 0 Å². The van der Waals surface area contributed by atoms with E-state index in [4.69, 9.17) is 10.3 Å². The summed E-state index contributed by atoms with van der Waals surface area (Å²) in [5.41, 5.74) is 3.47. The van der Waals surface area contributed by atoms with Crippen LogP contribution in [0.5, 0.6) is 0 Å². The van der Waals surface area contributed by atoms with E-state index in [1.807, 2.05) is 6.07 Å². The molecular weight excluding hydrogens is 156 g/mol. The molecule has 0 saturated heterocycles. The van der Waals surface area contributed by atoms with Gasteiger partial charge >= 0.3 is 0 Å². The van der Waals surface area contributed by atoms with Gasteiger partial charge in [-0.3, -0.25) is 10.4 Å². The summed E-state index contributed by atoms with van der Waals surface area (Å²) in [5.74, 6) is 5.71. The topological polar surface area (TPSA) is 75.6 Å². The summed E-state index contributed by atoms with van der Waals surface area (Å²) in [6.45, 7) is 0.646. The average molecular weight is 168 g/mol. The Balaban J connectivity index is 2.35. The lowest BCUT2D eigenvalue weighted by Gasteiger charge is -2.05. The molecule has 0 aromatic carbocycles. The maximum absolute atomic E-state index is 5.16. The first-order valence-electron chi connectivity index (χ1n) is 3.55. The Labute approximate surface area is 70.6 Å². The van der Waals surface area contributed by atoms with Crippen LogP contribution in [0.3, 0.4) is 0 Å². The van der Waals surface area contributed by atoms with E-state index in [0.717, 1.165) is 5.56 Å². The fourth-order valence-electron chi connectivity index (χ4n) is 0.774. The number of hydrazine groups is 1. The lowest BCUT2D eigenvalue weighted by atomic mass is 10.3. The van der Waals surface area contributed by atoms with Gasteiger partial charge in [-0.2, -0.15) is 0 Å². The van der Waals surface area contributed by atoms with Gasteiger partial charge in [0.2, 0.25) is 5.96 Å². The van der Waals surface area contributed by atoms with Crippen molar-refractivity contribution in [1.82, 2.24) is 10.7 Å². The largest absolute Gasteiger partial charge is 0.472 e. The summed E-state index contributed by atoms with van der Waals surface area (Å²) in [5, 5.41) is 2.98. The zero-order valence-electron chi connectivity index (χ0n) is 6.87. The second-order valence-corrected chi connectivity index (χ2v) is 2.20. The predicted molar refractivity (Wildman–Crippen MR) is 46.2 cm³/mol. The van der Waals surface area contributed by atoms with E-state index < -0.39 is 0 Å². The first-order chi connectivity index (χ1) is 5.86. The van der Waals surface area contributed by atoms with Gasteiger partial charge in [0, 0.05) is 19.2 Å². The third-order valence-corrected chi connectivity index (χ3v) is 1.40. The van der Waals surface area contributed by atoms with E-state index in [0.29, 0.717) is 12.5 Å². The van der Waals surface area contributed by atoms with E-state index in [1.165, 1.54) is 0 Å². The van der Waals surface area contributed by atoms with Gasteiger partial charge in [-0.15, -0.1) is 0 Å². The van der Waals surface area contributed by atoms with E-state index >= 15 is 0 Å². The highest BCUT2D eigenvalue weighted by Crippen LogP contribution is 1.97. The highest BCUT2D eigenvalue weighted by Gasteiger charge is 1.95. The Bertz CT molecular complexity index is 242. The molecule has 0 spiro atoms. The summed E-state index contributed by atoms with van der Waals surface area (Å²) in [7, 11) is 1.65. The van der Waals surface area contributed by atoms with Crippen LogP contribution in [0.25, 0.3) is 0 Å². The molecule has 4 N–H and O–H groups in total. The van der Waals surface area contributed by atoms with E-state index in [2.05, 4.69) is 15.7 Å². The van der Waals surface area contributed by atoms with Crippen LogP contribution in [-0.2, 0) is 6.54 Å². The number of nitrogens with one attached hydrogen (secondary N) is 2. The number of aliphatic imine (C=N–C) groups is 1. The summed E-state index contributed by atoms with van der Waals surface area (Å²) in [6.07, 6.45) is 3.28. The van der Waals surface area contributed by atoms with Gasteiger partial charge in [0.05, 0.1) is 12.5 Å². The fourth-order valence-corrected chi connectivity index (χ4v) is 0.774. The molecule has 1 rings (SSSR count). The van der Waals surface area contributed by atoms with Crippen molar-refractivity contribution in [3.63, 3.8) is 0 Å². The Morgan fingerprint density at radius 1 is 1.75 bits per heavy atom. The number of furan rings is 1. The smallest absolute Gasteiger partial charge is 0.205 e. The molecule has 0 aliphatic heterocycles. The summed E-state index contributed by atoms with van der Waals surface area (Å²) in [6, 6.07) is 1.87. The quantitative estimate of drug-likeness (QED) is 0.248. The Kier molecular flexibility index (Phi) is 3.16. The first-order valence-corrected chi connectivity index (χ1v) is 3.55. The molecule has 1 aromatic rings. The lowest BCUT2D eigenvalue weighted by Crippen LogP contribution is -2.40. The van der Waals surface area contributed by atoms with Crippen LogP contribution in [-0.4, -0.2) is 13.0 Å². The zero-order chi connectivity index (χ0) is 8.81. The van der Waals surface area contributed by atoms with Crippen molar-refractivity contribution < 1.29 is 4.42 Å². The monoisotopic (exact) mass is 168 g/mol. The molecule has 0 amide bonds. The lowest BCUT2D eigenvalue weighted by molar-refractivity contribution is 0.563. The number of nitrogens with zero attached hydrogens (tertiary/aromatic N) is 1. The highest BCUT2D eigenvalue weighted by molar-refractivity contribution is 5.78. The molecule has 12 heavy (non-hydrogen) atoms. The summed E-state index contributed by atoms with van der Waals surface area (Å²) >= 11 is 0. The molecule has 5 nitrogen and oxygen atoms in total. The normalized spacial score (nSPS) is 11.3. The molecule has 0 saturated carbocycles. The van der Waals surface area contributed by atoms with Gasteiger partial charge in [-0.25, -0.2) is 5.84 Å². The van der Waals surface area contributed by atoms with Gasteiger partial charge in [0.1, 0.15) is 0 Å². The molecule has 0 radical (unpaired) electrons. The maximum atomic E-state index is 5.16. The second kappa shape index (κ2) is 4.40. The van der Waals surface area contributed by atoms with E-state index in [1.54, 1.807) is 19.6 Å². The SMILES string of the molecule is CN=C(NN)NCc1ccoc1. The highest BCUT2D eigenvalue weighted by atomic mass is 16.3. The molecule has 0 aliphatic carbocycles. The van der Waals surface area contributed by atoms with Crippen molar-refractivity contribution >= 4 is 5.96 Å².